The third-order valence-electron chi connectivity index (χ3n) is 2.87. The zero-order chi connectivity index (χ0) is 14.0. The van der Waals surface area contributed by atoms with Crippen LogP contribution in [-0.2, 0) is 6.54 Å². The maximum absolute atomic E-state index is 12.0. The van der Waals surface area contributed by atoms with Crippen LogP contribution in [0.5, 0.6) is 5.75 Å². The van der Waals surface area contributed by atoms with Crippen LogP contribution >= 0.6 is 0 Å². The maximum atomic E-state index is 12.0. The first-order chi connectivity index (χ1) is 9.00. The van der Waals surface area contributed by atoms with E-state index in [1.165, 1.54) is 10.6 Å². The van der Waals surface area contributed by atoms with Crippen molar-refractivity contribution in [3.8, 4) is 5.75 Å². The summed E-state index contributed by atoms with van der Waals surface area (Å²) in [6.45, 7) is 1.85. The van der Waals surface area contributed by atoms with Crippen molar-refractivity contribution in [2.75, 3.05) is 0 Å². The summed E-state index contributed by atoms with van der Waals surface area (Å²) < 4.78 is 1.29. The molecule has 5 nitrogen and oxygen atoms in total. The zero-order valence-corrected chi connectivity index (χ0v) is 10.3. The Morgan fingerprint density at radius 3 is 2.53 bits per heavy atom. The molecule has 0 amide bonds. The van der Waals surface area contributed by atoms with Gasteiger partial charge in [-0.3, -0.25) is 4.79 Å². The standard InChI is InChI=1S/C14H13NO4/c1-9-7-11(16)12(14(18)19)13(17)15(9)8-10-5-3-2-4-6-10/h2-7,16H,8H2,1H3,(H,18,19)/p-1. The molecule has 0 fully saturated rings. The second-order valence-corrected chi connectivity index (χ2v) is 4.21. The van der Waals surface area contributed by atoms with Gasteiger partial charge in [0.05, 0.1) is 6.54 Å². The summed E-state index contributed by atoms with van der Waals surface area (Å²) in [5, 5.41) is 20.4. The second kappa shape index (κ2) is 4.97. The Morgan fingerprint density at radius 1 is 1.32 bits per heavy atom. The molecule has 1 heterocycles. The van der Waals surface area contributed by atoms with Gasteiger partial charge in [-0.25, -0.2) is 4.79 Å². The Morgan fingerprint density at radius 2 is 1.95 bits per heavy atom. The van der Waals surface area contributed by atoms with Gasteiger partial charge in [0.15, 0.2) is 0 Å². The number of carboxylic acid groups (broad SMARTS) is 1. The molecule has 0 radical (unpaired) electrons. The van der Waals surface area contributed by atoms with Crippen LogP contribution in [0.15, 0.2) is 41.2 Å². The number of hydrogen-bond donors (Lipinski definition) is 1. The molecule has 98 valence electrons. The fourth-order valence-electron chi connectivity index (χ4n) is 1.90. The number of carboxylic acids is 1. The number of rotatable bonds is 3. The van der Waals surface area contributed by atoms with Crippen molar-refractivity contribution in [2.24, 2.45) is 0 Å². The first-order valence-electron chi connectivity index (χ1n) is 5.69. The van der Waals surface area contributed by atoms with Crippen molar-refractivity contribution in [1.29, 1.82) is 0 Å². The Kier molecular flexibility index (Phi) is 3.37. The molecule has 2 aromatic rings. The largest absolute Gasteiger partial charge is 0.872 e. The van der Waals surface area contributed by atoms with E-state index in [2.05, 4.69) is 0 Å². The molecule has 1 aromatic carbocycles. The Balaban J connectivity index is 2.55. The predicted octanol–water partition coefficient (Wildman–Crippen LogP) is 0.977. The fourth-order valence-corrected chi connectivity index (χ4v) is 1.90. The Labute approximate surface area is 109 Å². The summed E-state index contributed by atoms with van der Waals surface area (Å²) >= 11 is 0. The van der Waals surface area contributed by atoms with Crippen molar-refractivity contribution in [3.63, 3.8) is 0 Å². The van der Waals surface area contributed by atoms with Gasteiger partial charge >= 0.3 is 5.97 Å². The Bertz CT molecular complexity index is 674. The topological polar surface area (TPSA) is 82.4 Å². The number of hydrogen-bond acceptors (Lipinski definition) is 3. The van der Waals surface area contributed by atoms with Crippen LogP contribution in [0.1, 0.15) is 21.6 Å². The number of aromatic nitrogens is 1. The average Bonchev–Trinajstić information content (AvgIpc) is 2.35. The highest BCUT2D eigenvalue weighted by molar-refractivity contribution is 5.90. The van der Waals surface area contributed by atoms with Gasteiger partial charge in [-0.1, -0.05) is 36.1 Å². The van der Waals surface area contributed by atoms with Crippen LogP contribution in [0.4, 0.5) is 0 Å². The van der Waals surface area contributed by atoms with E-state index in [0.29, 0.717) is 5.69 Å². The van der Waals surface area contributed by atoms with E-state index in [4.69, 9.17) is 5.11 Å². The molecule has 0 saturated heterocycles. The summed E-state index contributed by atoms with van der Waals surface area (Å²) in [5.41, 5.74) is -0.158. The summed E-state index contributed by atoms with van der Waals surface area (Å²) in [4.78, 5) is 23.0. The van der Waals surface area contributed by atoms with E-state index in [1.54, 1.807) is 6.92 Å². The molecule has 2 rings (SSSR count). The van der Waals surface area contributed by atoms with Gasteiger partial charge in [-0.05, 0) is 18.6 Å². The lowest BCUT2D eigenvalue weighted by Crippen LogP contribution is -2.30. The van der Waals surface area contributed by atoms with Gasteiger partial charge in [-0.2, -0.15) is 0 Å². The molecule has 19 heavy (non-hydrogen) atoms. The van der Waals surface area contributed by atoms with Crippen LogP contribution in [0, 0.1) is 6.92 Å². The van der Waals surface area contributed by atoms with Crippen molar-refractivity contribution in [3.05, 3.63) is 63.6 Å². The van der Waals surface area contributed by atoms with Crippen LogP contribution in [0.2, 0.25) is 0 Å². The molecule has 0 spiro atoms. The fraction of sp³-hybridized carbons (Fsp3) is 0.143. The van der Waals surface area contributed by atoms with Gasteiger partial charge in [-0.15, -0.1) is 0 Å². The summed E-state index contributed by atoms with van der Waals surface area (Å²) in [6.07, 6.45) is 0. The van der Waals surface area contributed by atoms with Gasteiger partial charge in [0.25, 0.3) is 5.56 Å². The molecule has 1 aromatic heterocycles. The van der Waals surface area contributed by atoms with Crippen molar-refractivity contribution in [1.82, 2.24) is 4.57 Å². The molecule has 0 atom stereocenters. The van der Waals surface area contributed by atoms with Gasteiger partial charge in [0, 0.05) is 5.69 Å². The first kappa shape index (κ1) is 12.9. The van der Waals surface area contributed by atoms with Crippen molar-refractivity contribution in [2.45, 2.75) is 13.5 Å². The lowest BCUT2D eigenvalue weighted by atomic mass is 10.2. The molecule has 0 aliphatic rings. The SMILES string of the molecule is Cc1cc([O-])c(C(=O)O)c(=O)n1Cc1ccccc1. The Hall–Kier alpha value is -2.56. The molecular weight excluding hydrogens is 246 g/mol. The smallest absolute Gasteiger partial charge is 0.340 e. The van der Waals surface area contributed by atoms with Crippen LogP contribution in [0.3, 0.4) is 0 Å². The molecule has 0 bridgehead atoms. The van der Waals surface area contributed by atoms with E-state index in [0.717, 1.165) is 5.56 Å². The highest BCUT2D eigenvalue weighted by Gasteiger charge is 2.14. The number of pyridine rings is 1. The number of nitrogens with zero attached hydrogens (tertiary/aromatic N) is 1. The number of carbonyl (C=O) groups is 1. The molecule has 0 aliphatic carbocycles. The third-order valence-corrected chi connectivity index (χ3v) is 2.87. The van der Waals surface area contributed by atoms with E-state index in [9.17, 15) is 14.7 Å². The van der Waals surface area contributed by atoms with Crippen molar-refractivity contribution < 1.29 is 15.0 Å². The van der Waals surface area contributed by atoms with Gasteiger partial charge < -0.3 is 14.8 Å². The minimum Gasteiger partial charge on any atom is -0.872 e. The molecule has 0 aliphatic heterocycles. The number of aryl methyl sites for hydroxylation is 1. The van der Waals surface area contributed by atoms with Crippen LogP contribution in [-0.4, -0.2) is 15.6 Å². The quantitative estimate of drug-likeness (QED) is 0.889. The molecule has 0 saturated carbocycles. The highest BCUT2D eigenvalue weighted by Crippen LogP contribution is 2.12. The van der Waals surface area contributed by atoms with E-state index in [1.807, 2.05) is 30.3 Å². The summed E-state index contributed by atoms with van der Waals surface area (Å²) in [6, 6.07) is 10.3. The third kappa shape index (κ3) is 2.49. The molecular formula is C14H12NO4-. The molecule has 5 heteroatoms. The molecule has 1 N–H and O–H groups in total. The second-order valence-electron chi connectivity index (χ2n) is 4.21. The van der Waals surface area contributed by atoms with E-state index >= 15 is 0 Å². The van der Waals surface area contributed by atoms with E-state index in [-0.39, 0.29) is 6.54 Å². The predicted molar refractivity (Wildman–Crippen MR) is 67.4 cm³/mol. The minimum absolute atomic E-state index is 0.242. The van der Waals surface area contributed by atoms with Crippen LogP contribution < -0.4 is 10.7 Å². The first-order valence-corrected chi connectivity index (χ1v) is 5.69. The van der Waals surface area contributed by atoms with Gasteiger partial charge in [0.2, 0.25) is 0 Å². The average molecular weight is 258 g/mol. The zero-order valence-electron chi connectivity index (χ0n) is 10.3. The summed E-state index contributed by atoms with van der Waals surface area (Å²) in [5.74, 6) is -2.24. The highest BCUT2D eigenvalue weighted by atomic mass is 16.4. The number of benzene rings is 1. The van der Waals surface area contributed by atoms with Gasteiger partial charge in [0.1, 0.15) is 5.56 Å². The summed E-state index contributed by atoms with van der Waals surface area (Å²) in [7, 11) is 0. The normalized spacial score (nSPS) is 10.4. The maximum Gasteiger partial charge on any atom is 0.340 e. The lowest BCUT2D eigenvalue weighted by Gasteiger charge is -2.16. The molecule has 0 unspecified atom stereocenters. The van der Waals surface area contributed by atoms with Crippen molar-refractivity contribution >= 4 is 5.97 Å². The minimum atomic E-state index is -1.49. The lowest BCUT2D eigenvalue weighted by molar-refractivity contribution is -0.269. The van der Waals surface area contributed by atoms with Crippen LogP contribution in [0.25, 0.3) is 0 Å². The number of aromatic carboxylic acids is 1. The monoisotopic (exact) mass is 258 g/mol. The van der Waals surface area contributed by atoms with E-state index < -0.39 is 22.8 Å².